The fraction of sp³-hybridized carbons (Fsp3) is 0.800. The minimum absolute atomic E-state index is 0.137. The van der Waals surface area contributed by atoms with E-state index in [9.17, 15) is 4.79 Å². The number of hydrogen-bond acceptors (Lipinski definition) is 5. The van der Waals surface area contributed by atoms with Gasteiger partial charge in [-0.1, -0.05) is 0 Å². The molecule has 0 aliphatic heterocycles. The molecule has 0 aromatic heterocycles. The van der Waals surface area contributed by atoms with Crippen molar-refractivity contribution in [3.63, 3.8) is 0 Å². The van der Waals surface area contributed by atoms with Crippen molar-refractivity contribution in [3.05, 3.63) is 0 Å². The van der Waals surface area contributed by atoms with Gasteiger partial charge in [-0.25, -0.2) is 4.89 Å². The number of rotatable bonds is 4. The molecule has 5 nitrogen and oxygen atoms in total. The summed E-state index contributed by atoms with van der Waals surface area (Å²) in [6.07, 6.45) is -0.844. The van der Waals surface area contributed by atoms with Crippen LogP contribution in [0.25, 0.3) is 0 Å². The van der Waals surface area contributed by atoms with Crippen molar-refractivity contribution in [2.75, 3.05) is 13.2 Å². The van der Waals surface area contributed by atoms with Crippen LogP contribution in [0.4, 0.5) is 0 Å². The molecular weight excluding hydrogens is 140 g/mol. The van der Waals surface area contributed by atoms with Crippen molar-refractivity contribution < 1.29 is 24.8 Å². The molecule has 0 saturated heterocycles. The minimum Gasteiger partial charge on any atom is -0.463 e. The summed E-state index contributed by atoms with van der Waals surface area (Å²) < 4.78 is 4.40. The van der Waals surface area contributed by atoms with Gasteiger partial charge in [0.1, 0.15) is 12.7 Å². The number of hydrogen-bond donors (Lipinski definition) is 2. The zero-order valence-corrected chi connectivity index (χ0v) is 5.61. The molecule has 0 heterocycles. The van der Waals surface area contributed by atoms with Crippen molar-refractivity contribution in [2.24, 2.45) is 0 Å². The molecule has 1 unspecified atom stereocenters. The summed E-state index contributed by atoms with van der Waals surface area (Å²) in [4.78, 5) is 13.9. The Morgan fingerprint density at radius 2 is 2.30 bits per heavy atom. The summed E-state index contributed by atoms with van der Waals surface area (Å²) in [7, 11) is 0. The molecule has 0 saturated carbocycles. The Bertz CT molecular complexity index is 98.2. The first-order valence-corrected chi connectivity index (χ1v) is 2.75. The van der Waals surface area contributed by atoms with Crippen molar-refractivity contribution in [2.45, 2.75) is 13.0 Å². The predicted octanol–water partition coefficient (Wildman–Crippen LogP) is -0.600. The third-order valence-electron chi connectivity index (χ3n) is 0.825. The molecule has 10 heavy (non-hydrogen) atoms. The lowest BCUT2D eigenvalue weighted by Gasteiger charge is -2.08. The first-order chi connectivity index (χ1) is 4.70. The normalized spacial score (nSPS) is 12.7. The van der Waals surface area contributed by atoms with Gasteiger partial charge in [0.25, 0.3) is 0 Å². The lowest BCUT2D eigenvalue weighted by atomic mass is 10.4. The molecule has 0 fully saturated rings. The molecular formula is C5H10O5. The van der Waals surface area contributed by atoms with Gasteiger partial charge in [-0.3, -0.25) is 10.1 Å². The van der Waals surface area contributed by atoms with Gasteiger partial charge < -0.3 is 9.84 Å². The second-order valence-electron chi connectivity index (χ2n) is 1.71. The van der Waals surface area contributed by atoms with E-state index in [1.807, 2.05) is 0 Å². The molecule has 0 rings (SSSR count). The Morgan fingerprint density at radius 1 is 1.70 bits per heavy atom. The third-order valence-corrected chi connectivity index (χ3v) is 0.825. The van der Waals surface area contributed by atoms with E-state index in [2.05, 4.69) is 9.62 Å². The standard InChI is InChI=1S/C5H10O5/c1-4(7)9-3-5(2-6)10-8/h5-6,8H,2-3H2,1H3. The third kappa shape index (κ3) is 4.25. The molecule has 0 aromatic carbocycles. The molecule has 0 spiro atoms. The van der Waals surface area contributed by atoms with Gasteiger partial charge in [0.05, 0.1) is 6.61 Å². The SMILES string of the molecule is CC(=O)OCC(CO)OO. The van der Waals surface area contributed by atoms with Crippen LogP contribution < -0.4 is 0 Å². The molecule has 0 amide bonds. The van der Waals surface area contributed by atoms with E-state index in [1.54, 1.807) is 0 Å². The van der Waals surface area contributed by atoms with Crippen LogP contribution in [0.3, 0.4) is 0 Å². The van der Waals surface area contributed by atoms with Crippen LogP contribution in [-0.2, 0) is 14.4 Å². The van der Waals surface area contributed by atoms with Crippen LogP contribution in [0.1, 0.15) is 6.92 Å². The predicted molar refractivity (Wildman–Crippen MR) is 31.2 cm³/mol. The van der Waals surface area contributed by atoms with E-state index in [4.69, 9.17) is 10.4 Å². The molecule has 2 N–H and O–H groups in total. The zero-order chi connectivity index (χ0) is 7.98. The molecule has 0 aliphatic carbocycles. The number of ether oxygens (including phenoxy) is 1. The van der Waals surface area contributed by atoms with Crippen LogP contribution in [-0.4, -0.2) is 35.7 Å². The van der Waals surface area contributed by atoms with E-state index < -0.39 is 12.1 Å². The number of aliphatic hydroxyl groups excluding tert-OH is 1. The van der Waals surface area contributed by atoms with Gasteiger partial charge >= 0.3 is 5.97 Å². The monoisotopic (exact) mass is 150 g/mol. The van der Waals surface area contributed by atoms with Crippen LogP contribution in [0.15, 0.2) is 0 Å². The second-order valence-corrected chi connectivity index (χ2v) is 1.71. The fourth-order valence-corrected chi connectivity index (χ4v) is 0.327. The van der Waals surface area contributed by atoms with Gasteiger partial charge in [-0.05, 0) is 0 Å². The Kier molecular flexibility index (Phi) is 4.82. The molecule has 0 aromatic rings. The maximum absolute atomic E-state index is 10.1. The molecule has 0 bridgehead atoms. The quantitative estimate of drug-likeness (QED) is 0.318. The molecule has 0 radical (unpaired) electrons. The highest BCUT2D eigenvalue weighted by atomic mass is 17.1. The highest BCUT2D eigenvalue weighted by Gasteiger charge is 2.08. The topological polar surface area (TPSA) is 76.0 Å². The van der Waals surface area contributed by atoms with E-state index >= 15 is 0 Å². The van der Waals surface area contributed by atoms with Gasteiger partial charge in [0.2, 0.25) is 0 Å². The maximum Gasteiger partial charge on any atom is 0.302 e. The highest BCUT2D eigenvalue weighted by Crippen LogP contribution is 1.89. The average molecular weight is 150 g/mol. The van der Waals surface area contributed by atoms with E-state index in [0.717, 1.165) is 0 Å². The van der Waals surface area contributed by atoms with Crippen LogP contribution in [0.5, 0.6) is 0 Å². The van der Waals surface area contributed by atoms with Gasteiger partial charge in [0.15, 0.2) is 0 Å². The lowest BCUT2D eigenvalue weighted by Crippen LogP contribution is -2.23. The van der Waals surface area contributed by atoms with Crippen molar-refractivity contribution in [1.29, 1.82) is 0 Å². The van der Waals surface area contributed by atoms with Crippen molar-refractivity contribution >= 4 is 5.97 Å². The van der Waals surface area contributed by atoms with Gasteiger partial charge in [-0.2, -0.15) is 0 Å². The number of esters is 1. The number of aliphatic hydroxyl groups is 1. The first kappa shape index (κ1) is 9.35. The summed E-state index contributed by atoms with van der Waals surface area (Å²) in [5.41, 5.74) is 0. The van der Waals surface area contributed by atoms with E-state index in [-0.39, 0.29) is 13.2 Å². The Hall–Kier alpha value is -0.650. The first-order valence-electron chi connectivity index (χ1n) is 2.75. The number of carbonyl (C=O) groups excluding carboxylic acids is 1. The van der Waals surface area contributed by atoms with E-state index in [1.165, 1.54) is 6.92 Å². The summed E-state index contributed by atoms with van der Waals surface area (Å²) in [5, 5.41) is 16.4. The van der Waals surface area contributed by atoms with Crippen LogP contribution in [0.2, 0.25) is 0 Å². The average Bonchev–Trinajstić information content (AvgIpc) is 1.90. The number of carbonyl (C=O) groups is 1. The Balaban J connectivity index is 3.34. The summed E-state index contributed by atoms with van der Waals surface area (Å²) in [6.45, 7) is 0.706. The second kappa shape index (κ2) is 5.16. The fourth-order valence-electron chi connectivity index (χ4n) is 0.327. The van der Waals surface area contributed by atoms with Crippen molar-refractivity contribution in [1.82, 2.24) is 0 Å². The molecule has 5 heteroatoms. The Labute approximate surface area is 58.1 Å². The molecule has 0 aliphatic rings. The zero-order valence-electron chi connectivity index (χ0n) is 5.61. The van der Waals surface area contributed by atoms with Gasteiger partial charge in [-0.15, -0.1) is 0 Å². The molecule has 60 valence electrons. The summed E-state index contributed by atoms with van der Waals surface area (Å²) in [6, 6.07) is 0. The molecule has 1 atom stereocenters. The largest absolute Gasteiger partial charge is 0.463 e. The lowest BCUT2D eigenvalue weighted by molar-refractivity contribution is -0.291. The maximum atomic E-state index is 10.1. The van der Waals surface area contributed by atoms with Crippen LogP contribution in [0, 0.1) is 0 Å². The highest BCUT2D eigenvalue weighted by molar-refractivity contribution is 5.65. The summed E-state index contributed by atoms with van der Waals surface area (Å²) >= 11 is 0. The Morgan fingerprint density at radius 3 is 2.60 bits per heavy atom. The summed E-state index contributed by atoms with van der Waals surface area (Å²) in [5.74, 6) is -0.476. The van der Waals surface area contributed by atoms with Gasteiger partial charge in [0, 0.05) is 6.92 Å². The van der Waals surface area contributed by atoms with E-state index in [0.29, 0.717) is 0 Å². The smallest absolute Gasteiger partial charge is 0.302 e. The minimum atomic E-state index is -0.844. The van der Waals surface area contributed by atoms with Crippen LogP contribution >= 0.6 is 0 Å². The van der Waals surface area contributed by atoms with Crippen molar-refractivity contribution in [3.8, 4) is 0 Å².